The van der Waals surface area contributed by atoms with Gasteiger partial charge in [-0.05, 0) is 97.9 Å². The Kier molecular flexibility index (Phi) is 7.25. The summed E-state index contributed by atoms with van der Waals surface area (Å²) in [5.74, 6) is 2.41. The van der Waals surface area contributed by atoms with Gasteiger partial charge in [0, 0.05) is 35.1 Å². The minimum absolute atomic E-state index is 0.00413. The van der Waals surface area contributed by atoms with Crippen molar-refractivity contribution in [1.29, 1.82) is 0 Å². The number of carbonyl (C=O) groups excluding carboxylic acids is 1. The van der Waals surface area contributed by atoms with E-state index in [0.717, 1.165) is 75.6 Å². The van der Waals surface area contributed by atoms with Crippen molar-refractivity contribution < 1.29 is 19.0 Å². The maximum absolute atomic E-state index is 14.3. The number of likely N-dealkylation sites (N-methyl/N-ethyl adjacent to an activating group) is 1. The summed E-state index contributed by atoms with van der Waals surface area (Å²) >= 11 is 0. The minimum Gasteiger partial charge on any atom is -0.497 e. The van der Waals surface area contributed by atoms with Crippen molar-refractivity contribution in [3.05, 3.63) is 102 Å². The molecule has 2 heterocycles. The number of hydrogen-bond donors (Lipinski definition) is 0. The van der Waals surface area contributed by atoms with Crippen LogP contribution in [0, 0.1) is 0 Å². The van der Waals surface area contributed by atoms with Crippen molar-refractivity contribution in [2.45, 2.75) is 13.0 Å². The van der Waals surface area contributed by atoms with Crippen LogP contribution in [0.2, 0.25) is 0 Å². The fourth-order valence-corrected chi connectivity index (χ4v) is 5.61. The van der Waals surface area contributed by atoms with E-state index in [2.05, 4.69) is 51.9 Å². The van der Waals surface area contributed by atoms with E-state index < -0.39 is 0 Å². The fraction of sp³-hybridized carbons (Fsp3) is 0.229. The number of fused-ring (bicyclic) bond motifs is 5. The molecule has 0 atom stereocenters. The standard InChI is InChI=1S/C35H34N2O4/c1-36(2)19-20-41-28-12-7-24(8-13-28)35(38)33-31-15-9-25(23-5-10-27(39-3)11-6-23)22-32(31)37-18-17-26-21-29(40-4)14-16-30(26)34(33)37/h5-16,21-22H,17-20H2,1-4H3. The molecule has 0 radical (unpaired) electrons. The first kappa shape index (κ1) is 26.7. The summed E-state index contributed by atoms with van der Waals surface area (Å²) in [7, 11) is 7.39. The predicted molar refractivity (Wildman–Crippen MR) is 164 cm³/mol. The quantitative estimate of drug-likeness (QED) is 0.192. The van der Waals surface area contributed by atoms with E-state index in [-0.39, 0.29) is 5.78 Å². The van der Waals surface area contributed by atoms with Crippen LogP contribution in [0.15, 0.2) is 84.9 Å². The van der Waals surface area contributed by atoms with E-state index in [9.17, 15) is 4.79 Å². The number of rotatable bonds is 9. The summed E-state index contributed by atoms with van der Waals surface area (Å²) in [4.78, 5) is 16.3. The van der Waals surface area contributed by atoms with E-state index in [0.29, 0.717) is 12.2 Å². The molecule has 0 amide bonds. The number of ether oxygens (including phenoxy) is 3. The number of aromatic nitrogens is 1. The number of benzene rings is 4. The van der Waals surface area contributed by atoms with Crippen LogP contribution in [0.5, 0.6) is 17.2 Å². The molecule has 0 saturated heterocycles. The highest BCUT2D eigenvalue weighted by Gasteiger charge is 2.29. The molecule has 41 heavy (non-hydrogen) atoms. The summed E-state index contributed by atoms with van der Waals surface area (Å²) < 4.78 is 19.0. The van der Waals surface area contributed by atoms with Crippen molar-refractivity contribution in [1.82, 2.24) is 9.47 Å². The number of ketones is 1. The van der Waals surface area contributed by atoms with E-state index in [4.69, 9.17) is 14.2 Å². The first-order chi connectivity index (χ1) is 20.0. The van der Waals surface area contributed by atoms with Crippen LogP contribution in [0.3, 0.4) is 0 Å². The molecule has 6 nitrogen and oxygen atoms in total. The minimum atomic E-state index is 0.00413. The van der Waals surface area contributed by atoms with Gasteiger partial charge in [0.1, 0.15) is 23.9 Å². The third-order valence-electron chi connectivity index (χ3n) is 7.81. The maximum Gasteiger partial charge on any atom is 0.195 e. The summed E-state index contributed by atoms with van der Waals surface area (Å²) in [5, 5.41) is 0.956. The van der Waals surface area contributed by atoms with Crippen LogP contribution in [-0.2, 0) is 13.0 Å². The molecule has 0 unspecified atom stereocenters. The molecule has 1 aromatic heterocycles. The van der Waals surface area contributed by atoms with Crippen molar-refractivity contribution in [3.63, 3.8) is 0 Å². The molecule has 0 N–H and O–H groups in total. The second-order valence-corrected chi connectivity index (χ2v) is 10.6. The normalized spacial score (nSPS) is 12.2. The lowest BCUT2D eigenvalue weighted by molar-refractivity contribution is 0.104. The fourth-order valence-electron chi connectivity index (χ4n) is 5.61. The zero-order valence-electron chi connectivity index (χ0n) is 23.9. The Morgan fingerprint density at radius 1 is 0.805 bits per heavy atom. The van der Waals surface area contributed by atoms with Gasteiger partial charge < -0.3 is 23.7 Å². The number of carbonyl (C=O) groups is 1. The molecule has 0 aliphatic carbocycles. The molecule has 1 aliphatic heterocycles. The Bertz CT molecular complexity index is 1720. The van der Waals surface area contributed by atoms with Gasteiger partial charge in [0.15, 0.2) is 5.78 Å². The van der Waals surface area contributed by atoms with Gasteiger partial charge in [0.05, 0.1) is 25.5 Å². The molecule has 0 spiro atoms. The molecule has 6 rings (SSSR count). The lowest BCUT2D eigenvalue weighted by atomic mass is 9.92. The molecule has 0 saturated carbocycles. The van der Waals surface area contributed by atoms with Crippen molar-refractivity contribution in [2.75, 3.05) is 41.5 Å². The molecule has 4 aromatic carbocycles. The number of hydrogen-bond acceptors (Lipinski definition) is 5. The van der Waals surface area contributed by atoms with Crippen LogP contribution >= 0.6 is 0 Å². The zero-order valence-corrected chi connectivity index (χ0v) is 23.9. The molecular weight excluding hydrogens is 512 g/mol. The van der Waals surface area contributed by atoms with E-state index in [1.54, 1.807) is 14.2 Å². The average Bonchev–Trinajstić information content (AvgIpc) is 3.34. The van der Waals surface area contributed by atoms with Gasteiger partial charge in [-0.25, -0.2) is 0 Å². The molecule has 0 bridgehead atoms. The van der Waals surface area contributed by atoms with Gasteiger partial charge >= 0.3 is 0 Å². The van der Waals surface area contributed by atoms with Crippen molar-refractivity contribution in [2.24, 2.45) is 0 Å². The first-order valence-electron chi connectivity index (χ1n) is 13.9. The molecular formula is C35H34N2O4. The second-order valence-electron chi connectivity index (χ2n) is 10.6. The van der Waals surface area contributed by atoms with Crippen LogP contribution < -0.4 is 14.2 Å². The average molecular weight is 547 g/mol. The SMILES string of the molecule is COc1ccc(-c2ccc3c(C(=O)c4ccc(OCCN(C)C)cc4)c4n(c3c2)CCc2cc(OC)ccc2-4)cc1. The second kappa shape index (κ2) is 11.1. The van der Waals surface area contributed by atoms with Crippen LogP contribution in [0.4, 0.5) is 0 Å². The lowest BCUT2D eigenvalue weighted by Crippen LogP contribution is -2.19. The van der Waals surface area contributed by atoms with Crippen LogP contribution in [-0.4, -0.2) is 56.7 Å². The molecule has 208 valence electrons. The number of aryl methyl sites for hydroxylation is 2. The molecule has 6 heteroatoms. The van der Waals surface area contributed by atoms with Gasteiger partial charge in [-0.1, -0.05) is 24.3 Å². The number of methoxy groups -OCH3 is 2. The molecule has 0 fully saturated rings. The Morgan fingerprint density at radius 3 is 2.20 bits per heavy atom. The van der Waals surface area contributed by atoms with Gasteiger partial charge in [-0.2, -0.15) is 0 Å². The topological polar surface area (TPSA) is 52.9 Å². The Balaban J connectivity index is 1.46. The van der Waals surface area contributed by atoms with Gasteiger partial charge in [0.25, 0.3) is 0 Å². The highest BCUT2D eigenvalue weighted by molar-refractivity contribution is 6.21. The lowest BCUT2D eigenvalue weighted by Gasteiger charge is -2.22. The summed E-state index contributed by atoms with van der Waals surface area (Å²) in [6, 6.07) is 28.1. The third-order valence-corrected chi connectivity index (χ3v) is 7.81. The predicted octanol–water partition coefficient (Wildman–Crippen LogP) is 6.72. The Morgan fingerprint density at radius 2 is 1.49 bits per heavy atom. The van der Waals surface area contributed by atoms with E-state index in [1.807, 2.05) is 56.6 Å². The van der Waals surface area contributed by atoms with Gasteiger partial charge in [0.2, 0.25) is 0 Å². The zero-order chi connectivity index (χ0) is 28.5. The van der Waals surface area contributed by atoms with Gasteiger partial charge in [-0.3, -0.25) is 4.79 Å². The van der Waals surface area contributed by atoms with E-state index >= 15 is 0 Å². The smallest absolute Gasteiger partial charge is 0.195 e. The van der Waals surface area contributed by atoms with Gasteiger partial charge in [-0.15, -0.1) is 0 Å². The van der Waals surface area contributed by atoms with Crippen molar-refractivity contribution in [3.8, 4) is 39.6 Å². The molecule has 1 aliphatic rings. The summed E-state index contributed by atoms with van der Waals surface area (Å²) in [5.41, 5.74) is 7.85. The number of nitrogens with zero attached hydrogens (tertiary/aromatic N) is 2. The highest BCUT2D eigenvalue weighted by atomic mass is 16.5. The summed E-state index contributed by atoms with van der Waals surface area (Å²) in [6.45, 7) is 2.20. The highest BCUT2D eigenvalue weighted by Crippen LogP contribution is 2.42. The monoisotopic (exact) mass is 546 g/mol. The van der Waals surface area contributed by atoms with Crippen molar-refractivity contribution >= 4 is 16.7 Å². The van der Waals surface area contributed by atoms with Crippen LogP contribution in [0.25, 0.3) is 33.3 Å². The maximum atomic E-state index is 14.3. The Hall–Kier alpha value is -4.55. The van der Waals surface area contributed by atoms with E-state index in [1.165, 1.54) is 5.56 Å². The third kappa shape index (κ3) is 5.07. The summed E-state index contributed by atoms with van der Waals surface area (Å²) in [6.07, 6.45) is 0.864. The molecule has 5 aromatic rings. The largest absolute Gasteiger partial charge is 0.497 e. The first-order valence-corrected chi connectivity index (χ1v) is 13.9. The van der Waals surface area contributed by atoms with Crippen LogP contribution in [0.1, 0.15) is 21.5 Å². The Labute approximate surface area is 240 Å².